The number of carbonyl (C=O) groups excluding carboxylic acids is 1. The summed E-state index contributed by atoms with van der Waals surface area (Å²) in [5.41, 5.74) is 5.14. The monoisotopic (exact) mass is 345 g/mol. The van der Waals surface area contributed by atoms with E-state index < -0.39 is 15.9 Å². The van der Waals surface area contributed by atoms with Crippen LogP contribution in [0.25, 0.3) is 0 Å². The number of rotatable bonds is 7. The van der Waals surface area contributed by atoms with Gasteiger partial charge in [0.1, 0.15) is 0 Å². The van der Waals surface area contributed by atoms with Crippen LogP contribution >= 0.6 is 11.3 Å². The predicted molar refractivity (Wildman–Crippen MR) is 87.5 cm³/mol. The Morgan fingerprint density at radius 1 is 1.41 bits per heavy atom. The van der Waals surface area contributed by atoms with Gasteiger partial charge < -0.3 is 10.6 Å². The van der Waals surface area contributed by atoms with Gasteiger partial charge >= 0.3 is 0 Å². The quantitative estimate of drug-likeness (QED) is 0.781. The van der Waals surface area contributed by atoms with E-state index in [4.69, 9.17) is 5.73 Å². The molecule has 1 saturated carbocycles. The van der Waals surface area contributed by atoms with Crippen molar-refractivity contribution in [2.24, 2.45) is 5.73 Å². The van der Waals surface area contributed by atoms with Crippen LogP contribution in [0.3, 0.4) is 0 Å². The third-order valence-corrected chi connectivity index (χ3v) is 6.62. The van der Waals surface area contributed by atoms with Crippen LogP contribution < -0.4 is 10.5 Å². The van der Waals surface area contributed by atoms with Crippen LogP contribution in [0.5, 0.6) is 0 Å². The summed E-state index contributed by atoms with van der Waals surface area (Å²) in [6.07, 6.45) is 6.19. The highest BCUT2D eigenvalue weighted by Gasteiger charge is 2.20. The van der Waals surface area contributed by atoms with Crippen molar-refractivity contribution in [3.05, 3.63) is 16.3 Å². The number of hydrogen-bond donors (Lipinski definition) is 2. The van der Waals surface area contributed by atoms with E-state index in [1.54, 1.807) is 0 Å². The highest BCUT2D eigenvalue weighted by molar-refractivity contribution is 7.89. The van der Waals surface area contributed by atoms with Crippen LogP contribution in [-0.2, 0) is 10.0 Å². The van der Waals surface area contributed by atoms with Crippen molar-refractivity contribution < 1.29 is 13.2 Å². The van der Waals surface area contributed by atoms with Gasteiger partial charge in [-0.2, -0.15) is 0 Å². The lowest BCUT2D eigenvalue weighted by atomic mass is 9.94. The van der Waals surface area contributed by atoms with Crippen molar-refractivity contribution >= 4 is 27.3 Å². The molecule has 0 atom stereocenters. The van der Waals surface area contributed by atoms with Crippen molar-refractivity contribution in [3.63, 3.8) is 0 Å². The minimum absolute atomic E-state index is 0.103. The maximum Gasteiger partial charge on any atom is 0.258 e. The van der Waals surface area contributed by atoms with Crippen molar-refractivity contribution in [2.45, 2.75) is 43.0 Å². The molecule has 1 aliphatic rings. The van der Waals surface area contributed by atoms with Gasteiger partial charge in [-0.1, -0.05) is 19.3 Å². The second kappa shape index (κ2) is 7.54. The van der Waals surface area contributed by atoms with Gasteiger partial charge in [0.15, 0.2) is 0 Å². The normalized spacial score (nSPS) is 17.0. The summed E-state index contributed by atoms with van der Waals surface area (Å²) in [6.45, 7) is 1.04. The number of sulfonamides is 1. The van der Waals surface area contributed by atoms with Crippen LogP contribution in [0, 0.1) is 0 Å². The Bertz CT molecular complexity index is 607. The van der Waals surface area contributed by atoms with Gasteiger partial charge in [-0.3, -0.25) is 4.79 Å². The van der Waals surface area contributed by atoms with E-state index in [0.717, 1.165) is 11.3 Å². The number of nitrogens with zero attached hydrogens (tertiary/aromatic N) is 1. The molecule has 1 aliphatic carbocycles. The number of likely N-dealkylation sites (N-methyl/N-ethyl adjacent to an activating group) is 1. The number of amides is 1. The Balaban J connectivity index is 1.85. The van der Waals surface area contributed by atoms with E-state index in [1.165, 1.54) is 43.6 Å². The lowest BCUT2D eigenvalue weighted by Crippen LogP contribution is -2.39. The van der Waals surface area contributed by atoms with Crippen LogP contribution in [0.15, 0.2) is 16.3 Å². The molecule has 22 heavy (non-hydrogen) atoms. The molecule has 0 aromatic carbocycles. The van der Waals surface area contributed by atoms with Gasteiger partial charge in [0.05, 0.1) is 9.77 Å². The van der Waals surface area contributed by atoms with Gasteiger partial charge in [-0.25, -0.2) is 13.1 Å². The third-order valence-electron chi connectivity index (χ3n) is 4.08. The van der Waals surface area contributed by atoms with Gasteiger partial charge in [-0.05, 0) is 26.0 Å². The fourth-order valence-corrected chi connectivity index (χ4v) is 4.88. The minimum atomic E-state index is -3.57. The summed E-state index contributed by atoms with van der Waals surface area (Å²) in [4.78, 5) is 13.6. The Hall–Kier alpha value is -0.960. The van der Waals surface area contributed by atoms with Crippen molar-refractivity contribution in [1.29, 1.82) is 0 Å². The molecule has 1 aromatic rings. The summed E-state index contributed by atoms with van der Waals surface area (Å²) in [5, 5.41) is 1.44. The first kappa shape index (κ1) is 17.4. The molecule has 0 spiro atoms. The number of primary amides is 1. The molecule has 1 amide bonds. The standard InChI is InChI=1S/C14H23N3O3S2/c1-17(11-5-3-2-4-6-11)8-7-16-22(19,20)12-9-13(14(15)18)21-10-12/h9-11,16H,2-8H2,1H3,(H2,15,18). The average molecular weight is 345 g/mol. The van der Waals surface area contributed by atoms with Gasteiger partial charge in [0, 0.05) is 24.5 Å². The zero-order valence-corrected chi connectivity index (χ0v) is 14.4. The molecule has 0 saturated heterocycles. The second-order valence-corrected chi connectivity index (χ2v) is 8.36. The first-order valence-corrected chi connectivity index (χ1v) is 9.84. The Morgan fingerprint density at radius 3 is 2.68 bits per heavy atom. The van der Waals surface area contributed by atoms with E-state index in [1.807, 2.05) is 7.05 Å². The highest BCUT2D eigenvalue weighted by Crippen LogP contribution is 2.21. The number of nitrogens with two attached hydrogens (primary N) is 1. The topological polar surface area (TPSA) is 92.5 Å². The minimum Gasteiger partial charge on any atom is -0.365 e. The fourth-order valence-electron chi connectivity index (χ4n) is 2.73. The summed E-state index contributed by atoms with van der Waals surface area (Å²) in [7, 11) is -1.53. The molecule has 3 N–H and O–H groups in total. The maximum atomic E-state index is 12.2. The maximum absolute atomic E-state index is 12.2. The molecule has 0 unspecified atom stereocenters. The fraction of sp³-hybridized carbons (Fsp3) is 0.643. The number of carbonyl (C=O) groups is 1. The van der Waals surface area contributed by atoms with E-state index in [-0.39, 0.29) is 9.77 Å². The van der Waals surface area contributed by atoms with Crippen LogP contribution in [0.4, 0.5) is 0 Å². The van der Waals surface area contributed by atoms with Crippen molar-refractivity contribution in [1.82, 2.24) is 9.62 Å². The molecule has 1 heterocycles. The van der Waals surface area contributed by atoms with E-state index in [9.17, 15) is 13.2 Å². The summed E-state index contributed by atoms with van der Waals surface area (Å²) < 4.78 is 26.9. The second-order valence-electron chi connectivity index (χ2n) is 5.68. The average Bonchev–Trinajstić information content (AvgIpc) is 2.99. The Kier molecular flexibility index (Phi) is 5.96. The molecule has 0 bridgehead atoms. The van der Waals surface area contributed by atoms with Crippen LogP contribution in [-0.4, -0.2) is 45.4 Å². The largest absolute Gasteiger partial charge is 0.365 e. The Labute approximate surface area is 135 Å². The number of nitrogens with one attached hydrogen (secondary N) is 1. The van der Waals surface area contributed by atoms with Crippen LogP contribution in [0.2, 0.25) is 0 Å². The van der Waals surface area contributed by atoms with Gasteiger partial charge in [0.25, 0.3) is 5.91 Å². The lowest BCUT2D eigenvalue weighted by Gasteiger charge is -2.31. The van der Waals surface area contributed by atoms with Gasteiger partial charge in [0.2, 0.25) is 10.0 Å². The smallest absolute Gasteiger partial charge is 0.258 e. The third kappa shape index (κ3) is 4.52. The summed E-state index contributed by atoms with van der Waals surface area (Å²) in [5.74, 6) is -0.608. The lowest BCUT2D eigenvalue weighted by molar-refractivity contribution is 0.100. The number of hydrogen-bond acceptors (Lipinski definition) is 5. The summed E-state index contributed by atoms with van der Waals surface area (Å²) >= 11 is 1.04. The van der Waals surface area contributed by atoms with E-state index in [2.05, 4.69) is 9.62 Å². The van der Waals surface area contributed by atoms with E-state index >= 15 is 0 Å². The molecular formula is C14H23N3O3S2. The first-order valence-electron chi connectivity index (χ1n) is 7.48. The predicted octanol–water partition coefficient (Wildman–Crippen LogP) is 1.39. The molecule has 1 fully saturated rings. The zero-order valence-electron chi connectivity index (χ0n) is 12.7. The number of thiophene rings is 1. The molecular weight excluding hydrogens is 322 g/mol. The van der Waals surface area contributed by atoms with Crippen LogP contribution in [0.1, 0.15) is 41.8 Å². The SMILES string of the molecule is CN(CCNS(=O)(=O)c1csc(C(N)=O)c1)C1CCCCC1. The zero-order chi connectivity index (χ0) is 16.2. The molecule has 1 aromatic heterocycles. The van der Waals surface area contributed by atoms with Gasteiger partial charge in [-0.15, -0.1) is 11.3 Å². The molecule has 0 aliphatic heterocycles. The molecule has 124 valence electrons. The molecule has 8 heteroatoms. The first-order chi connectivity index (χ1) is 10.4. The molecule has 2 rings (SSSR count). The van der Waals surface area contributed by atoms with Crippen molar-refractivity contribution in [3.8, 4) is 0 Å². The Morgan fingerprint density at radius 2 is 2.09 bits per heavy atom. The highest BCUT2D eigenvalue weighted by atomic mass is 32.2. The van der Waals surface area contributed by atoms with E-state index in [0.29, 0.717) is 19.1 Å². The summed E-state index contributed by atoms with van der Waals surface area (Å²) in [6, 6.07) is 1.88. The molecule has 0 radical (unpaired) electrons. The van der Waals surface area contributed by atoms with Crippen molar-refractivity contribution in [2.75, 3.05) is 20.1 Å². The molecule has 6 nitrogen and oxygen atoms in total.